The molecular formula is C17H19NO4S. The van der Waals surface area contributed by atoms with Gasteiger partial charge in [-0.3, -0.25) is 4.79 Å². The minimum atomic E-state index is -0.426. The quantitative estimate of drug-likeness (QED) is 0.854. The van der Waals surface area contributed by atoms with Gasteiger partial charge in [0.15, 0.2) is 6.61 Å². The van der Waals surface area contributed by atoms with Crippen LogP contribution in [0.4, 0.5) is 0 Å². The Hall–Kier alpha value is -2.08. The zero-order valence-electron chi connectivity index (χ0n) is 13.0. The number of hydrogen-bond donors (Lipinski definition) is 1. The van der Waals surface area contributed by atoms with Crippen molar-refractivity contribution in [1.82, 2.24) is 5.32 Å². The highest BCUT2D eigenvalue weighted by Gasteiger charge is 2.21. The number of rotatable bonds is 5. The molecular weight excluding hydrogens is 314 g/mol. The molecule has 5 nitrogen and oxygen atoms in total. The lowest BCUT2D eigenvalue weighted by atomic mass is 9.90. The molecule has 0 bridgehead atoms. The molecule has 2 aromatic heterocycles. The Morgan fingerprint density at radius 2 is 2.35 bits per heavy atom. The maximum atomic E-state index is 12.1. The third kappa shape index (κ3) is 4.01. The number of furan rings is 1. The van der Waals surface area contributed by atoms with E-state index in [1.807, 2.05) is 6.07 Å². The summed E-state index contributed by atoms with van der Waals surface area (Å²) in [6.45, 7) is 2.23. The first-order valence-electron chi connectivity index (χ1n) is 7.69. The molecule has 23 heavy (non-hydrogen) atoms. The first-order valence-corrected chi connectivity index (χ1v) is 8.51. The van der Waals surface area contributed by atoms with Crippen molar-refractivity contribution in [3.05, 3.63) is 45.5 Å². The molecule has 0 unspecified atom stereocenters. The van der Waals surface area contributed by atoms with Gasteiger partial charge in [-0.25, -0.2) is 4.79 Å². The molecule has 6 heteroatoms. The van der Waals surface area contributed by atoms with Crippen LogP contribution < -0.4 is 5.32 Å². The maximum absolute atomic E-state index is 12.1. The average Bonchev–Trinajstić information content (AvgIpc) is 3.19. The number of nitrogens with one attached hydrogen (secondary N) is 1. The van der Waals surface area contributed by atoms with E-state index in [0.29, 0.717) is 16.6 Å². The van der Waals surface area contributed by atoms with Gasteiger partial charge in [0, 0.05) is 4.88 Å². The van der Waals surface area contributed by atoms with Crippen LogP contribution in [0.1, 0.15) is 39.2 Å². The minimum Gasteiger partial charge on any atom is -0.467 e. The fourth-order valence-corrected chi connectivity index (χ4v) is 3.76. The second-order valence-electron chi connectivity index (χ2n) is 5.84. The summed E-state index contributed by atoms with van der Waals surface area (Å²) in [5.74, 6) is 0.549. The topological polar surface area (TPSA) is 68.5 Å². The second kappa shape index (κ2) is 7.00. The summed E-state index contributed by atoms with van der Waals surface area (Å²) < 4.78 is 10.2. The van der Waals surface area contributed by atoms with Crippen molar-refractivity contribution >= 4 is 23.2 Å². The van der Waals surface area contributed by atoms with Crippen molar-refractivity contribution in [3.63, 3.8) is 0 Å². The normalized spacial score (nSPS) is 16.7. The van der Waals surface area contributed by atoms with E-state index in [4.69, 9.17) is 9.15 Å². The first-order chi connectivity index (χ1) is 11.1. The monoisotopic (exact) mass is 333 g/mol. The Bertz CT molecular complexity index is 690. The molecule has 122 valence electrons. The molecule has 0 fully saturated rings. The Kier molecular flexibility index (Phi) is 4.81. The van der Waals surface area contributed by atoms with Crippen LogP contribution in [0.5, 0.6) is 0 Å². The fraction of sp³-hybridized carbons (Fsp3) is 0.412. The number of fused-ring (bicyclic) bond motifs is 1. The van der Waals surface area contributed by atoms with Gasteiger partial charge in [0.05, 0.1) is 12.8 Å². The molecule has 0 radical (unpaired) electrons. The number of ether oxygens (including phenoxy) is 1. The summed E-state index contributed by atoms with van der Waals surface area (Å²) in [4.78, 5) is 25.6. The van der Waals surface area contributed by atoms with Gasteiger partial charge in [-0.15, -0.1) is 11.3 Å². The maximum Gasteiger partial charge on any atom is 0.348 e. The molecule has 3 rings (SSSR count). The minimum absolute atomic E-state index is 0.279. The Balaban J connectivity index is 1.48. The van der Waals surface area contributed by atoms with Crippen LogP contribution in [0.15, 0.2) is 28.9 Å². The predicted octanol–water partition coefficient (Wildman–Crippen LogP) is 2.94. The van der Waals surface area contributed by atoms with E-state index in [0.717, 1.165) is 19.3 Å². The van der Waals surface area contributed by atoms with E-state index in [9.17, 15) is 9.59 Å². The summed E-state index contributed by atoms with van der Waals surface area (Å²) >= 11 is 1.49. The van der Waals surface area contributed by atoms with E-state index < -0.39 is 5.97 Å². The van der Waals surface area contributed by atoms with E-state index in [2.05, 4.69) is 12.2 Å². The van der Waals surface area contributed by atoms with Crippen LogP contribution in [0.2, 0.25) is 0 Å². The van der Waals surface area contributed by atoms with Gasteiger partial charge in [0.25, 0.3) is 5.91 Å². The second-order valence-corrected chi connectivity index (χ2v) is 6.98. The van der Waals surface area contributed by atoms with Gasteiger partial charge >= 0.3 is 5.97 Å². The van der Waals surface area contributed by atoms with Gasteiger partial charge in [-0.05, 0) is 48.9 Å². The van der Waals surface area contributed by atoms with Crippen molar-refractivity contribution in [2.24, 2.45) is 5.92 Å². The average molecular weight is 333 g/mol. The largest absolute Gasteiger partial charge is 0.467 e. The van der Waals surface area contributed by atoms with Crippen molar-refractivity contribution in [3.8, 4) is 0 Å². The van der Waals surface area contributed by atoms with Crippen molar-refractivity contribution in [2.75, 3.05) is 6.61 Å². The molecule has 0 aromatic carbocycles. The van der Waals surface area contributed by atoms with Crippen LogP contribution in [-0.2, 0) is 28.9 Å². The molecule has 1 N–H and O–H groups in total. The third-order valence-corrected chi connectivity index (χ3v) is 5.12. The lowest BCUT2D eigenvalue weighted by Gasteiger charge is -2.16. The third-order valence-electron chi connectivity index (χ3n) is 3.90. The molecule has 1 aliphatic carbocycles. The van der Waals surface area contributed by atoms with E-state index in [1.165, 1.54) is 21.8 Å². The van der Waals surface area contributed by atoms with Crippen LogP contribution >= 0.6 is 11.3 Å². The van der Waals surface area contributed by atoms with E-state index in [1.54, 1.807) is 18.4 Å². The number of esters is 1. The first kappa shape index (κ1) is 15.8. The Morgan fingerprint density at radius 3 is 3.13 bits per heavy atom. The van der Waals surface area contributed by atoms with Crippen molar-refractivity contribution in [1.29, 1.82) is 0 Å². The van der Waals surface area contributed by atoms with Gasteiger partial charge in [-0.1, -0.05) is 6.92 Å². The zero-order valence-corrected chi connectivity index (χ0v) is 13.8. The SMILES string of the molecule is C[C@H]1CCc2sc(C(=O)OCC(=O)NCc3ccco3)cc2C1. The van der Waals surface area contributed by atoms with Crippen LogP contribution in [0.25, 0.3) is 0 Å². The molecule has 0 aliphatic heterocycles. The number of carbonyl (C=O) groups is 2. The van der Waals surface area contributed by atoms with E-state index in [-0.39, 0.29) is 19.1 Å². The highest BCUT2D eigenvalue weighted by atomic mass is 32.1. The molecule has 2 aromatic rings. The van der Waals surface area contributed by atoms with Gasteiger partial charge < -0.3 is 14.5 Å². The molecule has 1 aliphatic rings. The molecule has 1 atom stereocenters. The Labute approximate surface area is 138 Å². The Morgan fingerprint density at radius 1 is 1.48 bits per heavy atom. The predicted molar refractivity (Wildman–Crippen MR) is 86.3 cm³/mol. The molecule has 0 saturated carbocycles. The van der Waals surface area contributed by atoms with Crippen LogP contribution in [0, 0.1) is 5.92 Å². The zero-order chi connectivity index (χ0) is 16.2. The number of hydrogen-bond acceptors (Lipinski definition) is 5. The number of amides is 1. The lowest BCUT2D eigenvalue weighted by Crippen LogP contribution is -2.28. The van der Waals surface area contributed by atoms with E-state index >= 15 is 0 Å². The number of thiophene rings is 1. The van der Waals surface area contributed by atoms with Gasteiger partial charge in [-0.2, -0.15) is 0 Å². The number of aryl methyl sites for hydroxylation is 1. The van der Waals surface area contributed by atoms with Gasteiger partial charge in [0.2, 0.25) is 0 Å². The standard InChI is InChI=1S/C17H19NO4S/c1-11-4-5-14-12(7-11)8-15(23-14)17(20)22-10-16(19)18-9-13-3-2-6-21-13/h2-3,6,8,11H,4-5,7,9-10H2,1H3,(H,18,19)/t11-/m0/s1. The smallest absolute Gasteiger partial charge is 0.348 e. The number of carbonyl (C=O) groups excluding carboxylic acids is 2. The molecule has 2 heterocycles. The van der Waals surface area contributed by atoms with Crippen LogP contribution in [0.3, 0.4) is 0 Å². The summed E-state index contributed by atoms with van der Waals surface area (Å²) in [5, 5.41) is 2.64. The highest BCUT2D eigenvalue weighted by Crippen LogP contribution is 2.32. The summed E-state index contributed by atoms with van der Waals surface area (Å²) in [6, 6.07) is 5.43. The fourth-order valence-electron chi connectivity index (χ4n) is 2.66. The lowest BCUT2D eigenvalue weighted by molar-refractivity contribution is -0.124. The molecule has 1 amide bonds. The van der Waals surface area contributed by atoms with Crippen molar-refractivity contribution < 1.29 is 18.7 Å². The van der Waals surface area contributed by atoms with Crippen molar-refractivity contribution in [2.45, 2.75) is 32.7 Å². The van der Waals surface area contributed by atoms with Gasteiger partial charge in [0.1, 0.15) is 10.6 Å². The highest BCUT2D eigenvalue weighted by molar-refractivity contribution is 7.14. The van der Waals surface area contributed by atoms with Crippen LogP contribution in [-0.4, -0.2) is 18.5 Å². The molecule has 0 saturated heterocycles. The molecule has 0 spiro atoms. The summed E-state index contributed by atoms with van der Waals surface area (Å²) in [6.07, 6.45) is 4.75. The summed E-state index contributed by atoms with van der Waals surface area (Å²) in [5.41, 5.74) is 1.25. The summed E-state index contributed by atoms with van der Waals surface area (Å²) in [7, 11) is 0.